The largest absolute Gasteiger partial charge is 0.497 e. The molecule has 0 aliphatic rings. The number of amides is 1. The van der Waals surface area contributed by atoms with Gasteiger partial charge in [0.25, 0.3) is 0 Å². The van der Waals surface area contributed by atoms with Crippen LogP contribution in [-0.2, 0) is 11.2 Å². The zero-order valence-corrected chi connectivity index (χ0v) is 9.46. The smallest absolute Gasteiger partial charge is 0.216 e. The zero-order chi connectivity index (χ0) is 15.6. The van der Waals surface area contributed by atoms with Gasteiger partial charge in [-0.1, -0.05) is 0 Å². The van der Waals surface area contributed by atoms with Crippen molar-refractivity contribution in [3.8, 4) is 5.75 Å². The second-order valence-electron chi connectivity index (χ2n) is 3.77. The first kappa shape index (κ1) is 7.37. The van der Waals surface area contributed by atoms with Gasteiger partial charge in [-0.05, 0) is 30.2 Å². The van der Waals surface area contributed by atoms with E-state index in [0.717, 1.165) is 16.5 Å². The third kappa shape index (κ3) is 2.58. The number of hydrogen-bond acceptors (Lipinski definition) is 2. The SMILES string of the molecule is [2H]c1[nH]c2ccc(OC([2H])([2H])[2H])cc2c1CCNC(C)=O. The Morgan fingerprint density at radius 2 is 2.53 bits per heavy atom. The molecule has 90 valence electrons. The number of benzene rings is 1. The highest BCUT2D eigenvalue weighted by Crippen LogP contribution is 2.23. The molecule has 0 fully saturated rings. The second-order valence-corrected chi connectivity index (χ2v) is 3.77. The molecule has 0 atom stereocenters. The van der Waals surface area contributed by atoms with Crippen molar-refractivity contribution < 1.29 is 15.0 Å². The van der Waals surface area contributed by atoms with Crippen LogP contribution in [0.4, 0.5) is 0 Å². The number of aromatic nitrogens is 1. The molecule has 1 aromatic carbocycles. The number of carbonyl (C=O) groups excluding carboxylic acids is 1. The van der Waals surface area contributed by atoms with E-state index in [1.165, 1.54) is 6.92 Å². The summed E-state index contributed by atoms with van der Waals surface area (Å²) in [5.74, 6) is 0.0927. The van der Waals surface area contributed by atoms with Gasteiger partial charge in [0.15, 0.2) is 0 Å². The van der Waals surface area contributed by atoms with Crippen molar-refractivity contribution in [2.75, 3.05) is 13.6 Å². The van der Waals surface area contributed by atoms with Crippen LogP contribution in [0.1, 0.15) is 18.0 Å². The maximum atomic E-state index is 10.9. The highest BCUT2D eigenvalue weighted by atomic mass is 16.5. The quantitative estimate of drug-likeness (QED) is 0.851. The first-order valence-electron chi connectivity index (χ1n) is 7.31. The Hall–Kier alpha value is -1.97. The summed E-state index contributed by atoms with van der Waals surface area (Å²) >= 11 is 0. The van der Waals surface area contributed by atoms with Crippen molar-refractivity contribution in [2.45, 2.75) is 13.3 Å². The molecule has 2 rings (SSSR count). The lowest BCUT2D eigenvalue weighted by Gasteiger charge is -2.03. The second kappa shape index (κ2) is 4.91. The van der Waals surface area contributed by atoms with Gasteiger partial charge in [0.2, 0.25) is 5.91 Å². The molecule has 0 unspecified atom stereocenters. The van der Waals surface area contributed by atoms with Crippen molar-refractivity contribution in [2.24, 2.45) is 0 Å². The average Bonchev–Trinajstić information content (AvgIpc) is 2.63. The predicted octanol–water partition coefficient (Wildman–Crippen LogP) is 1.86. The number of nitrogens with one attached hydrogen (secondary N) is 2. The molecule has 0 bridgehead atoms. The predicted molar refractivity (Wildman–Crippen MR) is 67.2 cm³/mol. The Morgan fingerprint density at radius 1 is 1.65 bits per heavy atom. The molecule has 4 nitrogen and oxygen atoms in total. The molecule has 17 heavy (non-hydrogen) atoms. The summed E-state index contributed by atoms with van der Waals surface area (Å²) in [4.78, 5) is 13.8. The molecule has 1 heterocycles. The highest BCUT2D eigenvalue weighted by molar-refractivity contribution is 5.84. The monoisotopic (exact) mass is 236 g/mol. The van der Waals surface area contributed by atoms with Gasteiger partial charge < -0.3 is 15.0 Å². The van der Waals surface area contributed by atoms with E-state index >= 15 is 0 Å². The van der Waals surface area contributed by atoms with Crippen LogP contribution in [0.3, 0.4) is 0 Å². The van der Waals surface area contributed by atoms with Gasteiger partial charge in [-0.15, -0.1) is 0 Å². The minimum Gasteiger partial charge on any atom is -0.497 e. The molecule has 1 aromatic heterocycles. The fraction of sp³-hybridized carbons (Fsp3) is 0.308. The first-order valence-corrected chi connectivity index (χ1v) is 5.31. The minimum absolute atomic E-state index is 0.132. The van der Waals surface area contributed by atoms with E-state index in [0.29, 0.717) is 13.0 Å². The number of rotatable bonds is 4. The van der Waals surface area contributed by atoms with Crippen LogP contribution in [0.15, 0.2) is 24.4 Å². The van der Waals surface area contributed by atoms with Gasteiger partial charge in [0.1, 0.15) is 5.75 Å². The Labute approximate surface area is 106 Å². The lowest BCUT2D eigenvalue weighted by Crippen LogP contribution is -2.22. The molecule has 0 saturated heterocycles. The Morgan fingerprint density at radius 3 is 3.29 bits per heavy atom. The number of methoxy groups -OCH3 is 1. The van der Waals surface area contributed by atoms with Gasteiger partial charge in [-0.3, -0.25) is 4.79 Å². The summed E-state index contributed by atoms with van der Waals surface area (Å²) in [6, 6.07) is 4.82. The van der Waals surface area contributed by atoms with E-state index in [-0.39, 0.29) is 17.8 Å². The maximum absolute atomic E-state index is 10.9. The van der Waals surface area contributed by atoms with Crippen LogP contribution in [0, 0.1) is 0 Å². The normalized spacial score (nSPS) is 14.6. The fourth-order valence-corrected chi connectivity index (χ4v) is 1.72. The van der Waals surface area contributed by atoms with Crippen molar-refractivity contribution in [1.29, 1.82) is 0 Å². The first-order chi connectivity index (χ1) is 9.76. The maximum Gasteiger partial charge on any atom is 0.216 e. The Balaban J connectivity index is 2.29. The standard InChI is InChI=1S/C13H16N2O2/c1-9(16)14-6-5-10-8-15-13-4-3-11(17-2)7-12(10)13/h3-4,7-8,15H,5-6H2,1-2H3,(H,14,16)/i2D3,8D. The number of ether oxygens (including phenoxy) is 1. The minimum atomic E-state index is -2.51. The van der Waals surface area contributed by atoms with Crippen LogP contribution in [-0.4, -0.2) is 24.5 Å². The van der Waals surface area contributed by atoms with Crippen molar-refractivity contribution in [3.63, 3.8) is 0 Å². The molecule has 0 aliphatic heterocycles. The van der Waals surface area contributed by atoms with Crippen molar-refractivity contribution in [1.82, 2.24) is 10.3 Å². The molecule has 4 heteroatoms. The molecule has 2 N–H and O–H groups in total. The van der Waals surface area contributed by atoms with Crippen molar-refractivity contribution >= 4 is 16.8 Å². The van der Waals surface area contributed by atoms with E-state index < -0.39 is 7.04 Å². The topological polar surface area (TPSA) is 54.1 Å². The van der Waals surface area contributed by atoms with Gasteiger partial charge in [0.05, 0.1) is 12.5 Å². The summed E-state index contributed by atoms with van der Waals surface area (Å²) in [5.41, 5.74) is 1.45. The molecular formula is C13H16N2O2. The lowest BCUT2D eigenvalue weighted by atomic mass is 10.1. The summed E-state index contributed by atoms with van der Waals surface area (Å²) in [6.45, 7) is 1.84. The number of carbonyl (C=O) groups is 1. The average molecular weight is 236 g/mol. The van der Waals surface area contributed by atoms with Crippen LogP contribution in [0.5, 0.6) is 5.75 Å². The molecule has 0 radical (unpaired) electrons. The van der Waals surface area contributed by atoms with Gasteiger partial charge >= 0.3 is 0 Å². The Kier molecular flexibility index (Phi) is 2.13. The van der Waals surface area contributed by atoms with E-state index in [2.05, 4.69) is 10.3 Å². The summed E-state index contributed by atoms with van der Waals surface area (Å²) in [6.07, 6.45) is 0.733. The fourth-order valence-electron chi connectivity index (χ4n) is 1.72. The van der Waals surface area contributed by atoms with Gasteiger partial charge in [-0.2, -0.15) is 0 Å². The van der Waals surface area contributed by atoms with Gasteiger partial charge in [0, 0.05) is 30.5 Å². The third-order valence-corrected chi connectivity index (χ3v) is 2.53. The third-order valence-electron chi connectivity index (χ3n) is 2.53. The summed E-state index contributed by atoms with van der Waals surface area (Å²) < 4.78 is 34.1. The number of H-pyrrole nitrogens is 1. The van der Waals surface area contributed by atoms with Crippen LogP contribution >= 0.6 is 0 Å². The van der Waals surface area contributed by atoms with Crippen LogP contribution in [0.25, 0.3) is 10.9 Å². The van der Waals surface area contributed by atoms with E-state index in [1.54, 1.807) is 18.2 Å². The molecular weight excluding hydrogens is 216 g/mol. The van der Waals surface area contributed by atoms with E-state index in [9.17, 15) is 4.79 Å². The molecule has 2 aromatic rings. The zero-order valence-electron chi connectivity index (χ0n) is 13.5. The van der Waals surface area contributed by atoms with E-state index in [4.69, 9.17) is 10.2 Å². The lowest BCUT2D eigenvalue weighted by molar-refractivity contribution is -0.118. The number of aromatic amines is 1. The van der Waals surface area contributed by atoms with E-state index in [1.807, 2.05) is 0 Å². The van der Waals surface area contributed by atoms with Gasteiger partial charge in [-0.25, -0.2) is 0 Å². The molecule has 0 aliphatic carbocycles. The molecule has 0 spiro atoms. The van der Waals surface area contributed by atoms with Crippen molar-refractivity contribution in [3.05, 3.63) is 29.9 Å². The molecule has 1 amide bonds. The number of hydrogen-bond donors (Lipinski definition) is 2. The highest BCUT2D eigenvalue weighted by Gasteiger charge is 2.05. The molecule has 0 saturated carbocycles. The summed E-state index contributed by atoms with van der Waals surface area (Å²) in [7, 11) is -2.51. The van der Waals surface area contributed by atoms with Crippen LogP contribution in [0.2, 0.25) is 0 Å². The van der Waals surface area contributed by atoms with Crippen LogP contribution < -0.4 is 10.1 Å². The Bertz CT molecular complexity index is 664. The number of fused-ring (bicyclic) bond motifs is 1. The summed E-state index contributed by atoms with van der Waals surface area (Å²) in [5, 5.41) is 3.40.